The fourth-order valence-corrected chi connectivity index (χ4v) is 1.94. The van der Waals surface area contributed by atoms with Crippen molar-refractivity contribution in [2.75, 3.05) is 19.7 Å². The predicted octanol–water partition coefficient (Wildman–Crippen LogP) is 1.40. The minimum absolute atomic E-state index is 0.0736. The van der Waals surface area contributed by atoms with Gasteiger partial charge in [-0.3, -0.25) is 4.79 Å². The van der Waals surface area contributed by atoms with E-state index in [9.17, 15) is 4.79 Å². The summed E-state index contributed by atoms with van der Waals surface area (Å²) in [6.07, 6.45) is 0.722. The van der Waals surface area contributed by atoms with E-state index in [1.54, 1.807) is 0 Å². The fraction of sp³-hybridized carbons (Fsp3) is 0.923. The third-order valence-corrected chi connectivity index (χ3v) is 2.92. The highest BCUT2D eigenvalue weighted by atomic mass is 16.5. The molecule has 0 radical (unpaired) electrons. The van der Waals surface area contributed by atoms with E-state index in [0.717, 1.165) is 13.1 Å². The van der Waals surface area contributed by atoms with Crippen LogP contribution in [0.25, 0.3) is 0 Å². The average Bonchev–Trinajstić information content (AvgIpc) is 2.19. The van der Waals surface area contributed by atoms with Gasteiger partial charge in [0.2, 0.25) is 5.91 Å². The molecule has 0 bridgehead atoms. The van der Waals surface area contributed by atoms with E-state index in [2.05, 4.69) is 26.1 Å². The Bertz CT molecular complexity index is 261. The number of nitrogens with one attached hydrogen (secondary N) is 1. The number of nitrogens with zero attached hydrogens (tertiary/aromatic N) is 1. The van der Waals surface area contributed by atoms with Crippen molar-refractivity contribution in [2.24, 2.45) is 0 Å². The van der Waals surface area contributed by atoms with E-state index >= 15 is 0 Å². The van der Waals surface area contributed by atoms with Crippen molar-refractivity contribution in [1.82, 2.24) is 10.2 Å². The summed E-state index contributed by atoms with van der Waals surface area (Å²) in [4.78, 5) is 14.0. The third-order valence-electron chi connectivity index (χ3n) is 2.92. The molecule has 17 heavy (non-hydrogen) atoms. The van der Waals surface area contributed by atoms with E-state index in [0.29, 0.717) is 13.0 Å². The molecule has 1 amide bonds. The summed E-state index contributed by atoms with van der Waals surface area (Å²) in [6, 6.07) is 0.202. The van der Waals surface area contributed by atoms with E-state index in [1.165, 1.54) is 0 Å². The number of hydrogen-bond acceptors (Lipinski definition) is 3. The van der Waals surface area contributed by atoms with Gasteiger partial charge < -0.3 is 15.0 Å². The van der Waals surface area contributed by atoms with Crippen LogP contribution in [0.2, 0.25) is 0 Å². The maximum absolute atomic E-state index is 12.1. The fourth-order valence-electron chi connectivity index (χ4n) is 1.94. The highest BCUT2D eigenvalue weighted by Gasteiger charge is 2.27. The van der Waals surface area contributed by atoms with Gasteiger partial charge in [-0.2, -0.15) is 0 Å². The standard InChI is InChI=1S/C13H26N2O2/c1-10-9-17-11(2)8-15(10)12(16)6-7-14-13(3,4)5/h10-11,14H,6-9H2,1-5H3. The minimum atomic E-state index is 0.0736. The monoisotopic (exact) mass is 242 g/mol. The number of hydrogen-bond donors (Lipinski definition) is 1. The van der Waals surface area contributed by atoms with Crippen LogP contribution in [0.5, 0.6) is 0 Å². The Labute approximate surface area is 105 Å². The van der Waals surface area contributed by atoms with Crippen LogP contribution in [-0.4, -0.2) is 48.2 Å². The molecule has 2 atom stereocenters. The second-order valence-corrected chi connectivity index (χ2v) is 5.97. The number of morpholine rings is 1. The molecule has 1 rings (SSSR count). The Hall–Kier alpha value is -0.610. The Morgan fingerprint density at radius 3 is 2.65 bits per heavy atom. The largest absolute Gasteiger partial charge is 0.375 e. The predicted molar refractivity (Wildman–Crippen MR) is 69.0 cm³/mol. The molecule has 0 aromatic rings. The van der Waals surface area contributed by atoms with Crippen LogP contribution in [0, 0.1) is 0 Å². The van der Waals surface area contributed by atoms with E-state index in [-0.39, 0.29) is 23.6 Å². The molecule has 1 N–H and O–H groups in total. The molecule has 0 spiro atoms. The number of ether oxygens (including phenoxy) is 1. The molecular weight excluding hydrogens is 216 g/mol. The normalized spacial score (nSPS) is 26.1. The van der Waals surface area contributed by atoms with Gasteiger partial charge in [-0.25, -0.2) is 0 Å². The molecule has 1 saturated heterocycles. The first-order valence-electron chi connectivity index (χ1n) is 6.45. The lowest BCUT2D eigenvalue weighted by atomic mass is 10.1. The zero-order valence-electron chi connectivity index (χ0n) is 11.7. The number of amides is 1. The van der Waals surface area contributed by atoms with E-state index in [4.69, 9.17) is 4.74 Å². The summed E-state index contributed by atoms with van der Waals surface area (Å²) in [5.41, 5.74) is 0.0736. The molecule has 1 heterocycles. The van der Waals surface area contributed by atoms with Crippen molar-refractivity contribution in [3.05, 3.63) is 0 Å². The number of rotatable bonds is 3. The van der Waals surface area contributed by atoms with Gasteiger partial charge in [0, 0.05) is 25.0 Å². The van der Waals surface area contributed by atoms with Crippen molar-refractivity contribution >= 4 is 5.91 Å². The topological polar surface area (TPSA) is 41.6 Å². The number of carbonyl (C=O) groups is 1. The summed E-state index contributed by atoms with van der Waals surface area (Å²) in [5.74, 6) is 0.226. The Balaban J connectivity index is 2.36. The average molecular weight is 242 g/mol. The quantitative estimate of drug-likeness (QED) is 0.813. The van der Waals surface area contributed by atoms with Crippen LogP contribution < -0.4 is 5.32 Å². The molecule has 2 unspecified atom stereocenters. The lowest BCUT2D eigenvalue weighted by molar-refractivity contribution is -0.143. The van der Waals surface area contributed by atoms with Gasteiger partial charge in [0.05, 0.1) is 18.8 Å². The second-order valence-electron chi connectivity index (χ2n) is 5.97. The molecule has 1 aliphatic rings. The first kappa shape index (κ1) is 14.5. The van der Waals surface area contributed by atoms with Crippen molar-refractivity contribution in [2.45, 2.75) is 58.7 Å². The molecular formula is C13H26N2O2. The van der Waals surface area contributed by atoms with Crippen molar-refractivity contribution in [3.63, 3.8) is 0 Å². The maximum Gasteiger partial charge on any atom is 0.224 e. The van der Waals surface area contributed by atoms with Crippen LogP contribution in [0.15, 0.2) is 0 Å². The van der Waals surface area contributed by atoms with Gasteiger partial charge in [-0.05, 0) is 34.6 Å². The number of carbonyl (C=O) groups excluding carboxylic acids is 1. The van der Waals surface area contributed by atoms with Gasteiger partial charge in [0.15, 0.2) is 0 Å². The third kappa shape index (κ3) is 5.04. The molecule has 4 nitrogen and oxygen atoms in total. The first-order valence-corrected chi connectivity index (χ1v) is 6.45. The zero-order chi connectivity index (χ0) is 13.1. The highest BCUT2D eigenvalue weighted by Crippen LogP contribution is 2.12. The zero-order valence-corrected chi connectivity index (χ0v) is 11.7. The molecule has 0 aromatic heterocycles. The van der Waals surface area contributed by atoms with Gasteiger partial charge in [0.25, 0.3) is 0 Å². The smallest absolute Gasteiger partial charge is 0.224 e. The van der Waals surface area contributed by atoms with Crippen molar-refractivity contribution in [3.8, 4) is 0 Å². The maximum atomic E-state index is 12.1. The Morgan fingerprint density at radius 2 is 2.06 bits per heavy atom. The summed E-state index contributed by atoms with van der Waals surface area (Å²) < 4.78 is 5.52. The van der Waals surface area contributed by atoms with Gasteiger partial charge in [-0.15, -0.1) is 0 Å². The lowest BCUT2D eigenvalue weighted by Gasteiger charge is -2.37. The molecule has 0 aromatic carbocycles. The molecule has 0 aliphatic carbocycles. The van der Waals surface area contributed by atoms with Crippen LogP contribution in [-0.2, 0) is 9.53 Å². The summed E-state index contributed by atoms with van der Waals surface area (Å²) >= 11 is 0. The Morgan fingerprint density at radius 1 is 1.41 bits per heavy atom. The minimum Gasteiger partial charge on any atom is -0.375 e. The van der Waals surface area contributed by atoms with E-state index in [1.807, 2.05) is 18.7 Å². The lowest BCUT2D eigenvalue weighted by Crippen LogP contribution is -2.51. The van der Waals surface area contributed by atoms with Crippen LogP contribution in [0.4, 0.5) is 0 Å². The van der Waals surface area contributed by atoms with Crippen LogP contribution >= 0.6 is 0 Å². The summed E-state index contributed by atoms with van der Waals surface area (Å²) in [6.45, 7) is 12.5. The summed E-state index contributed by atoms with van der Waals surface area (Å²) in [5, 5.41) is 3.34. The molecule has 1 aliphatic heterocycles. The Kier molecular flexibility index (Phi) is 4.95. The summed E-state index contributed by atoms with van der Waals surface area (Å²) in [7, 11) is 0. The molecule has 0 saturated carbocycles. The molecule has 4 heteroatoms. The highest BCUT2D eigenvalue weighted by molar-refractivity contribution is 5.76. The first-order chi connectivity index (χ1) is 7.79. The van der Waals surface area contributed by atoms with Gasteiger partial charge in [0.1, 0.15) is 0 Å². The van der Waals surface area contributed by atoms with Crippen molar-refractivity contribution in [1.29, 1.82) is 0 Å². The van der Waals surface area contributed by atoms with E-state index < -0.39 is 0 Å². The molecule has 100 valence electrons. The SMILES string of the molecule is CC1CN(C(=O)CCNC(C)(C)C)C(C)CO1. The van der Waals surface area contributed by atoms with Gasteiger partial charge >= 0.3 is 0 Å². The van der Waals surface area contributed by atoms with Gasteiger partial charge in [-0.1, -0.05) is 0 Å². The van der Waals surface area contributed by atoms with Crippen molar-refractivity contribution < 1.29 is 9.53 Å². The van der Waals surface area contributed by atoms with Crippen LogP contribution in [0.3, 0.4) is 0 Å². The second kappa shape index (κ2) is 5.83. The molecule has 1 fully saturated rings. The van der Waals surface area contributed by atoms with Crippen LogP contribution in [0.1, 0.15) is 41.0 Å².